The molecule has 1 N–H and O–H groups in total. The molecular weight excluding hydrogens is 226 g/mol. The highest BCUT2D eigenvalue weighted by molar-refractivity contribution is 6.31. The summed E-state index contributed by atoms with van der Waals surface area (Å²) in [7, 11) is 0. The summed E-state index contributed by atoms with van der Waals surface area (Å²) in [5.41, 5.74) is 1.75. The van der Waals surface area contributed by atoms with E-state index < -0.39 is 0 Å². The van der Waals surface area contributed by atoms with Gasteiger partial charge >= 0.3 is 5.97 Å². The number of fused-ring (bicyclic) bond motifs is 1. The number of aromatic amines is 1. The van der Waals surface area contributed by atoms with Crippen molar-refractivity contribution >= 4 is 28.5 Å². The van der Waals surface area contributed by atoms with Crippen molar-refractivity contribution in [1.29, 1.82) is 0 Å². The van der Waals surface area contributed by atoms with Crippen LogP contribution in [0.4, 0.5) is 0 Å². The molecular formula is C12H12ClNO2. The SMILES string of the molecule is CCC(=O)Oc1c(C)[nH]c2ccc(Cl)cc12. The van der Waals surface area contributed by atoms with Crippen LogP contribution >= 0.6 is 11.6 Å². The maximum atomic E-state index is 11.3. The van der Waals surface area contributed by atoms with Gasteiger partial charge in [-0.25, -0.2) is 0 Å². The second kappa shape index (κ2) is 4.18. The summed E-state index contributed by atoms with van der Waals surface area (Å²) in [6.07, 6.45) is 0.354. The molecule has 0 amide bonds. The lowest BCUT2D eigenvalue weighted by molar-refractivity contribution is -0.133. The topological polar surface area (TPSA) is 42.1 Å². The van der Waals surface area contributed by atoms with Crippen LogP contribution in [0.3, 0.4) is 0 Å². The van der Waals surface area contributed by atoms with Gasteiger partial charge in [-0.05, 0) is 25.1 Å². The van der Waals surface area contributed by atoms with Crippen molar-refractivity contribution in [3.63, 3.8) is 0 Å². The largest absolute Gasteiger partial charge is 0.424 e. The number of carbonyl (C=O) groups excluding carboxylic acids is 1. The molecule has 0 saturated carbocycles. The first-order valence-corrected chi connectivity index (χ1v) is 5.48. The minimum absolute atomic E-state index is 0.246. The molecule has 2 rings (SSSR count). The summed E-state index contributed by atoms with van der Waals surface area (Å²) in [5, 5.41) is 1.46. The van der Waals surface area contributed by atoms with E-state index in [2.05, 4.69) is 4.98 Å². The molecule has 0 atom stereocenters. The molecule has 1 aromatic heterocycles. The zero-order valence-corrected chi connectivity index (χ0v) is 9.89. The van der Waals surface area contributed by atoms with Gasteiger partial charge in [0.25, 0.3) is 0 Å². The fraction of sp³-hybridized carbons (Fsp3) is 0.250. The van der Waals surface area contributed by atoms with Crippen molar-refractivity contribution in [2.24, 2.45) is 0 Å². The molecule has 0 aliphatic heterocycles. The molecule has 0 spiro atoms. The van der Waals surface area contributed by atoms with Crippen molar-refractivity contribution in [1.82, 2.24) is 4.98 Å². The molecule has 0 aliphatic rings. The zero-order valence-electron chi connectivity index (χ0n) is 9.13. The number of benzene rings is 1. The standard InChI is InChI=1S/C12H12ClNO2/c1-3-11(15)16-12-7(2)14-10-5-4-8(13)6-9(10)12/h4-6,14H,3H2,1-2H3. The van der Waals surface area contributed by atoms with E-state index in [1.165, 1.54) is 0 Å². The van der Waals surface area contributed by atoms with Gasteiger partial charge in [-0.3, -0.25) is 4.79 Å². The number of hydrogen-bond acceptors (Lipinski definition) is 2. The average molecular weight is 238 g/mol. The number of aryl methyl sites for hydroxylation is 1. The summed E-state index contributed by atoms with van der Waals surface area (Å²) in [6.45, 7) is 3.63. The Hall–Kier alpha value is -1.48. The number of hydrogen-bond donors (Lipinski definition) is 1. The van der Waals surface area contributed by atoms with Crippen LogP contribution < -0.4 is 4.74 Å². The highest BCUT2D eigenvalue weighted by atomic mass is 35.5. The van der Waals surface area contributed by atoms with E-state index in [-0.39, 0.29) is 5.97 Å². The Bertz CT molecular complexity index is 545. The number of rotatable bonds is 2. The Morgan fingerprint density at radius 2 is 2.25 bits per heavy atom. The fourth-order valence-electron chi connectivity index (χ4n) is 1.59. The Morgan fingerprint density at radius 1 is 1.50 bits per heavy atom. The van der Waals surface area contributed by atoms with Crippen molar-refractivity contribution in [3.05, 3.63) is 28.9 Å². The fourth-order valence-corrected chi connectivity index (χ4v) is 1.76. The van der Waals surface area contributed by atoms with Crippen LogP contribution in [-0.4, -0.2) is 11.0 Å². The summed E-state index contributed by atoms with van der Waals surface area (Å²) in [4.78, 5) is 14.4. The quantitative estimate of drug-likeness (QED) is 0.813. The molecule has 0 aliphatic carbocycles. The average Bonchev–Trinajstić information content (AvgIpc) is 2.55. The number of nitrogens with one attached hydrogen (secondary N) is 1. The third-order valence-electron chi connectivity index (χ3n) is 2.39. The van der Waals surface area contributed by atoms with Crippen LogP contribution in [0.5, 0.6) is 5.75 Å². The zero-order chi connectivity index (χ0) is 11.7. The summed E-state index contributed by atoms with van der Waals surface area (Å²) >= 11 is 5.92. The first-order valence-electron chi connectivity index (χ1n) is 5.10. The van der Waals surface area contributed by atoms with Crippen molar-refractivity contribution in [3.8, 4) is 5.75 Å². The van der Waals surface area contributed by atoms with Gasteiger partial charge in [0.15, 0.2) is 5.75 Å². The number of halogens is 1. The van der Waals surface area contributed by atoms with E-state index in [1.807, 2.05) is 13.0 Å². The van der Waals surface area contributed by atoms with E-state index in [4.69, 9.17) is 16.3 Å². The van der Waals surface area contributed by atoms with Gasteiger partial charge in [0.05, 0.1) is 5.69 Å². The maximum absolute atomic E-state index is 11.3. The van der Waals surface area contributed by atoms with Crippen molar-refractivity contribution in [2.45, 2.75) is 20.3 Å². The van der Waals surface area contributed by atoms with Crippen LogP contribution in [-0.2, 0) is 4.79 Å². The van der Waals surface area contributed by atoms with Gasteiger partial charge < -0.3 is 9.72 Å². The smallest absolute Gasteiger partial charge is 0.310 e. The van der Waals surface area contributed by atoms with Crippen LogP contribution in [0.15, 0.2) is 18.2 Å². The lowest BCUT2D eigenvalue weighted by atomic mass is 10.2. The van der Waals surface area contributed by atoms with E-state index in [9.17, 15) is 4.79 Å². The van der Waals surface area contributed by atoms with Crippen molar-refractivity contribution in [2.75, 3.05) is 0 Å². The van der Waals surface area contributed by atoms with E-state index >= 15 is 0 Å². The Kier molecular flexibility index (Phi) is 2.88. The predicted octanol–water partition coefficient (Wildman–Crippen LogP) is 3.45. The molecule has 0 saturated heterocycles. The molecule has 0 unspecified atom stereocenters. The number of carbonyl (C=O) groups is 1. The summed E-state index contributed by atoms with van der Waals surface area (Å²) < 4.78 is 5.27. The summed E-state index contributed by atoms with van der Waals surface area (Å²) in [5.74, 6) is 0.327. The molecule has 0 radical (unpaired) electrons. The number of H-pyrrole nitrogens is 1. The molecule has 4 heteroatoms. The van der Waals surface area contributed by atoms with Crippen LogP contribution in [0.1, 0.15) is 19.0 Å². The highest BCUT2D eigenvalue weighted by Crippen LogP contribution is 2.31. The van der Waals surface area contributed by atoms with Gasteiger partial charge in [0, 0.05) is 22.3 Å². The van der Waals surface area contributed by atoms with Crippen LogP contribution in [0, 0.1) is 6.92 Å². The number of aromatic nitrogens is 1. The van der Waals surface area contributed by atoms with Crippen LogP contribution in [0.25, 0.3) is 10.9 Å². The van der Waals surface area contributed by atoms with Gasteiger partial charge in [-0.2, -0.15) is 0 Å². The van der Waals surface area contributed by atoms with Crippen LogP contribution in [0.2, 0.25) is 5.02 Å². The Morgan fingerprint density at radius 3 is 2.94 bits per heavy atom. The molecule has 1 heterocycles. The first-order chi connectivity index (χ1) is 7.61. The Balaban J connectivity index is 2.54. The minimum Gasteiger partial charge on any atom is -0.424 e. The third-order valence-corrected chi connectivity index (χ3v) is 2.63. The monoisotopic (exact) mass is 237 g/mol. The van der Waals surface area contributed by atoms with Gasteiger partial charge in [0.2, 0.25) is 0 Å². The lowest BCUT2D eigenvalue weighted by Crippen LogP contribution is -2.05. The normalized spacial score (nSPS) is 10.7. The van der Waals surface area contributed by atoms with E-state index in [0.717, 1.165) is 16.6 Å². The van der Waals surface area contributed by atoms with Gasteiger partial charge in [-0.15, -0.1) is 0 Å². The number of esters is 1. The lowest BCUT2D eigenvalue weighted by Gasteiger charge is -2.02. The molecule has 1 aromatic carbocycles. The molecule has 84 valence electrons. The molecule has 2 aromatic rings. The first kappa shape index (κ1) is 11.0. The molecule has 16 heavy (non-hydrogen) atoms. The van der Waals surface area contributed by atoms with E-state index in [1.54, 1.807) is 19.1 Å². The second-order valence-corrected chi connectivity index (χ2v) is 4.03. The summed E-state index contributed by atoms with van der Waals surface area (Å²) in [6, 6.07) is 5.46. The highest BCUT2D eigenvalue weighted by Gasteiger charge is 2.12. The minimum atomic E-state index is -0.246. The third kappa shape index (κ3) is 1.91. The van der Waals surface area contributed by atoms with Gasteiger partial charge in [-0.1, -0.05) is 18.5 Å². The van der Waals surface area contributed by atoms with Gasteiger partial charge in [0.1, 0.15) is 0 Å². The Labute approximate surface area is 98.4 Å². The molecule has 0 fully saturated rings. The van der Waals surface area contributed by atoms with E-state index in [0.29, 0.717) is 17.2 Å². The molecule has 0 bridgehead atoms. The maximum Gasteiger partial charge on any atom is 0.310 e. The number of ether oxygens (including phenoxy) is 1. The molecule has 3 nitrogen and oxygen atoms in total. The predicted molar refractivity (Wildman–Crippen MR) is 64.0 cm³/mol. The second-order valence-electron chi connectivity index (χ2n) is 3.60. The van der Waals surface area contributed by atoms with Crippen molar-refractivity contribution < 1.29 is 9.53 Å².